The molecule has 0 radical (unpaired) electrons. The van der Waals surface area contributed by atoms with Gasteiger partial charge in [-0.1, -0.05) is 25.5 Å². The minimum Gasteiger partial charge on any atom is -0.472 e. The fourth-order valence-corrected chi connectivity index (χ4v) is 11.1. The molecule has 0 amide bonds. The highest BCUT2D eigenvalue weighted by atomic mass is 32.2. The van der Waals surface area contributed by atoms with E-state index in [1.54, 1.807) is 12.5 Å². The van der Waals surface area contributed by atoms with E-state index < -0.39 is 40.3 Å². The molecule has 222 valence electrons. The molecular formula is C33H37NO7S. The molecule has 8 nitrogen and oxygen atoms in total. The number of Topliss-reactive ketones (excluding diaryl/α,β-unsaturated/α-hetero) is 1. The number of allylic oxidation sites excluding steroid dienone is 1. The van der Waals surface area contributed by atoms with E-state index in [9.17, 15) is 14.4 Å². The van der Waals surface area contributed by atoms with E-state index in [0.717, 1.165) is 22.5 Å². The molecular weight excluding hydrogens is 554 g/mol. The lowest BCUT2D eigenvalue weighted by Crippen LogP contribution is -2.69. The number of anilines is 1. The van der Waals surface area contributed by atoms with Crippen molar-refractivity contribution < 1.29 is 33.0 Å². The molecule has 2 N–H and O–H groups in total. The number of carbonyl (C=O) groups excluding carboxylic acids is 3. The van der Waals surface area contributed by atoms with Crippen molar-refractivity contribution >= 4 is 35.2 Å². The Morgan fingerprint density at radius 3 is 2.62 bits per heavy atom. The maximum atomic E-state index is 14.6. The topological polar surface area (TPSA) is 118 Å². The molecule has 3 heterocycles. The fraction of sp³-hybridized carbons (Fsp3) is 0.545. The Hall–Kier alpha value is -3.04. The first-order chi connectivity index (χ1) is 19.9. The number of nitrogen functional groups attached to an aromatic ring is 1. The van der Waals surface area contributed by atoms with Gasteiger partial charge in [0, 0.05) is 44.9 Å². The number of methoxy groups -OCH3 is 1. The Balaban J connectivity index is 1.38. The number of benzene rings is 1. The average Bonchev–Trinajstić information content (AvgIpc) is 3.70. The number of nitrogens with two attached hydrogens (primary N) is 1. The van der Waals surface area contributed by atoms with E-state index in [1.807, 2.05) is 44.2 Å². The van der Waals surface area contributed by atoms with Crippen LogP contribution in [0.5, 0.6) is 0 Å². The number of fused-ring (bicyclic) bond motifs is 4. The van der Waals surface area contributed by atoms with Crippen molar-refractivity contribution in [2.75, 3.05) is 12.8 Å². The van der Waals surface area contributed by atoms with Crippen LogP contribution >= 0.6 is 11.8 Å². The van der Waals surface area contributed by atoms with Gasteiger partial charge in [0.2, 0.25) is 0 Å². The first-order valence-electron chi connectivity index (χ1n) is 14.7. The zero-order valence-corrected chi connectivity index (χ0v) is 25.4. The van der Waals surface area contributed by atoms with Crippen molar-refractivity contribution in [1.82, 2.24) is 0 Å². The predicted octanol–water partition coefficient (Wildman–Crippen LogP) is 5.32. The number of furan rings is 1. The van der Waals surface area contributed by atoms with Crippen LogP contribution in [0.4, 0.5) is 5.69 Å². The Morgan fingerprint density at radius 2 is 1.93 bits per heavy atom. The summed E-state index contributed by atoms with van der Waals surface area (Å²) in [5.74, 6) is -1.42. The van der Waals surface area contributed by atoms with E-state index in [0.29, 0.717) is 5.69 Å². The van der Waals surface area contributed by atoms with E-state index >= 15 is 0 Å². The third-order valence-electron chi connectivity index (χ3n) is 11.6. The van der Waals surface area contributed by atoms with Crippen molar-refractivity contribution in [2.24, 2.45) is 28.1 Å². The maximum absolute atomic E-state index is 14.6. The fourth-order valence-electron chi connectivity index (χ4n) is 9.70. The van der Waals surface area contributed by atoms with Crippen molar-refractivity contribution in [2.45, 2.75) is 81.3 Å². The maximum Gasteiger partial charge on any atom is 0.313 e. The van der Waals surface area contributed by atoms with Gasteiger partial charge in [-0.15, -0.1) is 11.8 Å². The van der Waals surface area contributed by atoms with Gasteiger partial charge in [0.25, 0.3) is 0 Å². The molecule has 42 heavy (non-hydrogen) atoms. The summed E-state index contributed by atoms with van der Waals surface area (Å²) >= 11 is 1.51. The lowest BCUT2D eigenvalue weighted by molar-refractivity contribution is -0.196. The first kappa shape index (κ1) is 27.8. The van der Waals surface area contributed by atoms with Gasteiger partial charge in [0.15, 0.2) is 0 Å². The van der Waals surface area contributed by atoms with Gasteiger partial charge in [-0.05, 0) is 61.6 Å². The van der Waals surface area contributed by atoms with Crippen LogP contribution < -0.4 is 5.73 Å². The van der Waals surface area contributed by atoms with Crippen LogP contribution in [-0.4, -0.2) is 48.4 Å². The molecule has 2 aliphatic heterocycles. The summed E-state index contributed by atoms with van der Waals surface area (Å²) in [5, 5.41) is -0.349. The minimum absolute atomic E-state index is 0.0503. The third kappa shape index (κ3) is 3.43. The van der Waals surface area contributed by atoms with Crippen molar-refractivity contribution in [3.8, 4) is 0 Å². The molecule has 7 rings (SSSR count). The van der Waals surface area contributed by atoms with Crippen molar-refractivity contribution in [3.05, 3.63) is 59.6 Å². The lowest BCUT2D eigenvalue weighted by atomic mass is 9.40. The van der Waals surface area contributed by atoms with E-state index in [1.165, 1.54) is 24.4 Å². The highest BCUT2D eigenvalue weighted by Crippen LogP contribution is 2.73. The molecule has 9 heteroatoms. The Kier molecular flexibility index (Phi) is 6.10. The summed E-state index contributed by atoms with van der Waals surface area (Å²) in [6, 6.07) is 9.49. The second kappa shape index (κ2) is 9.23. The monoisotopic (exact) mass is 591 g/mol. The quantitative estimate of drug-likeness (QED) is 0.280. The number of thioether (sulfide) groups is 1. The number of hydrogen-bond acceptors (Lipinski definition) is 9. The van der Waals surface area contributed by atoms with Crippen LogP contribution in [0.25, 0.3) is 0 Å². The zero-order valence-electron chi connectivity index (χ0n) is 24.5. The van der Waals surface area contributed by atoms with Gasteiger partial charge in [0.05, 0.1) is 37.6 Å². The largest absolute Gasteiger partial charge is 0.472 e. The Morgan fingerprint density at radius 1 is 1.14 bits per heavy atom. The molecule has 10 atom stereocenters. The van der Waals surface area contributed by atoms with Crippen LogP contribution in [0.2, 0.25) is 0 Å². The average molecular weight is 592 g/mol. The summed E-state index contributed by atoms with van der Waals surface area (Å²) in [6.45, 7) is 8.16. The van der Waals surface area contributed by atoms with Crippen LogP contribution in [0.1, 0.15) is 58.4 Å². The van der Waals surface area contributed by atoms with Gasteiger partial charge >= 0.3 is 11.9 Å². The smallest absolute Gasteiger partial charge is 0.313 e. The molecule has 0 bridgehead atoms. The van der Waals surface area contributed by atoms with Crippen molar-refractivity contribution in [1.29, 1.82) is 0 Å². The number of esters is 2. The van der Waals surface area contributed by atoms with Gasteiger partial charge in [-0.2, -0.15) is 0 Å². The second-order valence-electron chi connectivity index (χ2n) is 13.3. The van der Waals surface area contributed by atoms with Gasteiger partial charge < -0.3 is 24.4 Å². The summed E-state index contributed by atoms with van der Waals surface area (Å²) < 4.78 is 23.9. The molecule has 3 unspecified atom stereocenters. The SMILES string of the molecule is COC(=O)C[C@H]1[C@]2(C)C3=C(C)[C@H](c4ccoc4)C[C@@H]3O[C@@H]2C2OC(=O)[C@]3(C)C(Sc4cccc(N)c4)CC(=O)[C@@]1(C)C23. The predicted molar refractivity (Wildman–Crippen MR) is 155 cm³/mol. The standard InChI is InChI=1S/C33H37NO7S/c1-16-20(17-9-10-39-15-17)12-21-26(16)32(3)22(13-25(36)38-5)31(2)23(35)14-24(42-19-8-6-7-18(34)11-19)33(4)28(31)27(29(32)40-21)41-30(33)37/h6-11,15,20-22,24,27-29H,12-14,34H2,1-5H3/t20-,21+,22-,24?,27?,28?,29-,31+,32-,33-/m1/s1. The molecule has 4 fully saturated rings. The number of carbonyl (C=O) groups is 3. The molecule has 3 aliphatic carbocycles. The summed E-state index contributed by atoms with van der Waals surface area (Å²) in [6.07, 6.45) is 3.11. The Bertz CT molecular complexity index is 1520. The van der Waals surface area contributed by atoms with E-state index in [4.69, 9.17) is 24.4 Å². The Labute approximate surface area is 249 Å². The molecule has 2 aromatic rings. The van der Waals surface area contributed by atoms with Gasteiger partial charge in [0.1, 0.15) is 18.0 Å². The third-order valence-corrected chi connectivity index (χ3v) is 13.0. The number of hydrogen-bond donors (Lipinski definition) is 1. The molecule has 1 aromatic heterocycles. The number of ketones is 1. The summed E-state index contributed by atoms with van der Waals surface area (Å²) in [4.78, 5) is 42.6. The first-order valence-corrected chi connectivity index (χ1v) is 15.6. The highest BCUT2D eigenvalue weighted by molar-refractivity contribution is 8.00. The van der Waals surface area contributed by atoms with E-state index in [2.05, 4.69) is 13.8 Å². The minimum atomic E-state index is -1.02. The summed E-state index contributed by atoms with van der Waals surface area (Å²) in [7, 11) is 1.38. The van der Waals surface area contributed by atoms with Crippen LogP contribution in [-0.2, 0) is 28.6 Å². The summed E-state index contributed by atoms with van der Waals surface area (Å²) in [5.41, 5.74) is 7.36. The molecule has 2 saturated carbocycles. The van der Waals surface area contributed by atoms with E-state index in [-0.39, 0.29) is 47.8 Å². The molecule has 0 spiro atoms. The molecule has 2 saturated heterocycles. The lowest BCUT2D eigenvalue weighted by Gasteiger charge is -2.61. The van der Waals surface area contributed by atoms with Gasteiger partial charge in [-0.3, -0.25) is 14.4 Å². The van der Waals surface area contributed by atoms with Crippen LogP contribution in [0.3, 0.4) is 0 Å². The normalized spacial score (nSPS) is 41.8. The molecule has 5 aliphatic rings. The van der Waals surface area contributed by atoms with Gasteiger partial charge in [-0.25, -0.2) is 0 Å². The molecule has 1 aromatic carbocycles. The highest BCUT2D eigenvalue weighted by Gasteiger charge is 2.80. The zero-order chi connectivity index (χ0) is 29.8. The second-order valence-corrected chi connectivity index (χ2v) is 14.6. The van der Waals surface area contributed by atoms with Crippen LogP contribution in [0.15, 0.2) is 63.3 Å². The number of ether oxygens (including phenoxy) is 3. The van der Waals surface area contributed by atoms with Crippen molar-refractivity contribution in [3.63, 3.8) is 0 Å². The van der Waals surface area contributed by atoms with Crippen LogP contribution in [0, 0.1) is 28.1 Å². The number of rotatable bonds is 5.